The molecule has 1 unspecified atom stereocenters. The predicted octanol–water partition coefficient (Wildman–Crippen LogP) is 2.65. The summed E-state index contributed by atoms with van der Waals surface area (Å²) in [6.07, 6.45) is 3.06. The zero-order valence-electron chi connectivity index (χ0n) is 12.6. The van der Waals surface area contributed by atoms with Crippen molar-refractivity contribution in [3.05, 3.63) is 58.7 Å². The first-order chi connectivity index (χ1) is 10.6. The Kier molecular flexibility index (Phi) is 2.82. The molecule has 2 aromatic heterocycles. The molecule has 1 aliphatic carbocycles. The first kappa shape index (κ1) is 13.1. The monoisotopic (exact) mass is 292 g/mol. The molecule has 0 radical (unpaired) electrons. The Morgan fingerprint density at radius 3 is 2.64 bits per heavy atom. The lowest BCUT2D eigenvalue weighted by atomic mass is 9.82. The zero-order chi connectivity index (χ0) is 15.3. The molecule has 22 heavy (non-hydrogen) atoms. The molecule has 0 fully saturated rings. The summed E-state index contributed by atoms with van der Waals surface area (Å²) < 4.78 is 1.60. The molecule has 1 aliphatic rings. The number of aromatic nitrogens is 4. The van der Waals surface area contributed by atoms with Crippen molar-refractivity contribution in [3.63, 3.8) is 0 Å². The van der Waals surface area contributed by atoms with Crippen LogP contribution in [0.1, 0.15) is 45.3 Å². The highest BCUT2D eigenvalue weighted by molar-refractivity contribution is 5.98. The van der Waals surface area contributed by atoms with Gasteiger partial charge in [-0.25, -0.2) is 9.50 Å². The fourth-order valence-electron chi connectivity index (χ4n) is 3.06. The minimum Gasteiger partial charge on any atom is -0.294 e. The highest BCUT2D eigenvalue weighted by Gasteiger charge is 2.28. The van der Waals surface area contributed by atoms with Gasteiger partial charge in [0.15, 0.2) is 5.78 Å². The van der Waals surface area contributed by atoms with Crippen molar-refractivity contribution in [2.75, 3.05) is 0 Å². The Bertz CT molecular complexity index is 880. The van der Waals surface area contributed by atoms with E-state index in [4.69, 9.17) is 0 Å². The molecule has 2 heterocycles. The van der Waals surface area contributed by atoms with Gasteiger partial charge in [0, 0.05) is 12.6 Å². The largest absolute Gasteiger partial charge is 0.294 e. The molecule has 0 amide bonds. The third-order valence-electron chi connectivity index (χ3n) is 4.24. The summed E-state index contributed by atoms with van der Waals surface area (Å²) in [5.41, 5.74) is 3.94. The molecule has 1 atom stereocenters. The van der Waals surface area contributed by atoms with Crippen molar-refractivity contribution in [1.82, 2.24) is 19.6 Å². The van der Waals surface area contributed by atoms with Crippen LogP contribution in [0.25, 0.3) is 5.78 Å². The lowest BCUT2D eigenvalue weighted by Gasteiger charge is -2.23. The molecule has 1 aromatic carbocycles. The topological polar surface area (TPSA) is 60.2 Å². The van der Waals surface area contributed by atoms with E-state index < -0.39 is 0 Å². The molecule has 0 saturated carbocycles. The van der Waals surface area contributed by atoms with E-state index in [9.17, 15) is 4.79 Å². The van der Waals surface area contributed by atoms with Gasteiger partial charge in [-0.15, -0.1) is 0 Å². The van der Waals surface area contributed by atoms with Gasteiger partial charge in [-0.05, 0) is 31.7 Å². The minimum atomic E-state index is 0.134. The third-order valence-corrected chi connectivity index (χ3v) is 4.24. The van der Waals surface area contributed by atoms with E-state index in [0.717, 1.165) is 12.1 Å². The van der Waals surface area contributed by atoms with Crippen LogP contribution in [0.2, 0.25) is 0 Å². The van der Waals surface area contributed by atoms with Crippen LogP contribution in [-0.4, -0.2) is 25.4 Å². The van der Waals surface area contributed by atoms with Crippen molar-refractivity contribution < 1.29 is 4.79 Å². The number of nitrogens with zero attached hydrogens (tertiary/aromatic N) is 4. The number of carbonyl (C=O) groups excluding carboxylic acids is 1. The van der Waals surface area contributed by atoms with Gasteiger partial charge in [-0.1, -0.05) is 29.8 Å². The Hall–Kier alpha value is -2.56. The van der Waals surface area contributed by atoms with Crippen LogP contribution in [0.5, 0.6) is 0 Å². The smallest absolute Gasteiger partial charge is 0.252 e. The molecule has 4 rings (SSSR count). The van der Waals surface area contributed by atoms with E-state index in [0.29, 0.717) is 23.6 Å². The van der Waals surface area contributed by atoms with Gasteiger partial charge < -0.3 is 0 Å². The molecule has 0 saturated heterocycles. The number of carbonyl (C=O) groups is 1. The molecule has 110 valence electrons. The highest BCUT2D eigenvalue weighted by atomic mass is 16.1. The standard InChI is InChI=1S/C17H16N4O/c1-10-3-5-12(6-4-10)13-7-15-14(16(22)8-13)9-21-17(19-15)18-11(2)20-21/h3-6,9,13H,7-8H2,1-2H3. The Morgan fingerprint density at radius 1 is 1.09 bits per heavy atom. The summed E-state index contributed by atoms with van der Waals surface area (Å²) in [6, 6.07) is 8.40. The number of benzene rings is 1. The van der Waals surface area contributed by atoms with Crippen LogP contribution in [0.4, 0.5) is 0 Å². The first-order valence-electron chi connectivity index (χ1n) is 7.43. The summed E-state index contributed by atoms with van der Waals surface area (Å²) in [6.45, 7) is 3.89. The fourth-order valence-corrected chi connectivity index (χ4v) is 3.06. The molecular formula is C17H16N4O. The number of aryl methyl sites for hydroxylation is 2. The molecule has 0 spiro atoms. The summed E-state index contributed by atoms with van der Waals surface area (Å²) in [5, 5.41) is 4.23. The lowest BCUT2D eigenvalue weighted by Crippen LogP contribution is -2.21. The van der Waals surface area contributed by atoms with E-state index in [2.05, 4.69) is 46.3 Å². The molecule has 5 heteroatoms. The average Bonchev–Trinajstić information content (AvgIpc) is 2.85. The van der Waals surface area contributed by atoms with Crippen molar-refractivity contribution in [1.29, 1.82) is 0 Å². The maximum atomic E-state index is 12.5. The number of Topliss-reactive ketones (excluding diaryl/α,β-unsaturated/α-hetero) is 1. The average molecular weight is 292 g/mol. The van der Waals surface area contributed by atoms with Crippen molar-refractivity contribution in [2.24, 2.45) is 0 Å². The number of rotatable bonds is 1. The van der Waals surface area contributed by atoms with Gasteiger partial charge in [0.25, 0.3) is 5.78 Å². The van der Waals surface area contributed by atoms with Crippen LogP contribution >= 0.6 is 0 Å². The van der Waals surface area contributed by atoms with E-state index in [-0.39, 0.29) is 11.7 Å². The molecule has 5 nitrogen and oxygen atoms in total. The second-order valence-electron chi connectivity index (χ2n) is 5.94. The van der Waals surface area contributed by atoms with Crippen LogP contribution in [0.15, 0.2) is 30.5 Å². The summed E-state index contributed by atoms with van der Waals surface area (Å²) in [4.78, 5) is 21.3. The van der Waals surface area contributed by atoms with Crippen molar-refractivity contribution in [3.8, 4) is 0 Å². The van der Waals surface area contributed by atoms with Crippen LogP contribution in [0.3, 0.4) is 0 Å². The maximum absolute atomic E-state index is 12.5. The molecule has 0 bridgehead atoms. The van der Waals surface area contributed by atoms with Crippen LogP contribution in [0, 0.1) is 13.8 Å². The van der Waals surface area contributed by atoms with Gasteiger partial charge >= 0.3 is 0 Å². The fraction of sp³-hybridized carbons (Fsp3) is 0.294. The molecule has 3 aromatic rings. The normalized spacial score (nSPS) is 17.7. The van der Waals surface area contributed by atoms with Crippen molar-refractivity contribution >= 4 is 11.6 Å². The van der Waals surface area contributed by atoms with E-state index in [1.165, 1.54) is 11.1 Å². The first-order valence-corrected chi connectivity index (χ1v) is 7.43. The third kappa shape index (κ3) is 2.09. The van der Waals surface area contributed by atoms with Gasteiger partial charge in [0.1, 0.15) is 5.82 Å². The van der Waals surface area contributed by atoms with Crippen LogP contribution < -0.4 is 0 Å². The van der Waals surface area contributed by atoms with Gasteiger partial charge in [-0.2, -0.15) is 10.1 Å². The van der Waals surface area contributed by atoms with Crippen LogP contribution in [-0.2, 0) is 6.42 Å². The number of hydrogen-bond acceptors (Lipinski definition) is 4. The number of hydrogen-bond donors (Lipinski definition) is 0. The summed E-state index contributed by atoms with van der Waals surface area (Å²) in [5.74, 6) is 1.56. The SMILES string of the molecule is Cc1ccc(C2CC(=O)c3cn4nc(C)nc4nc3C2)cc1. The molecule has 0 N–H and O–H groups in total. The predicted molar refractivity (Wildman–Crippen MR) is 82.1 cm³/mol. The van der Waals surface area contributed by atoms with Gasteiger partial charge in [0.2, 0.25) is 0 Å². The molecular weight excluding hydrogens is 276 g/mol. The Balaban J connectivity index is 1.77. The van der Waals surface area contributed by atoms with Gasteiger partial charge in [-0.3, -0.25) is 4.79 Å². The minimum absolute atomic E-state index is 0.134. The van der Waals surface area contributed by atoms with E-state index in [1.54, 1.807) is 10.7 Å². The zero-order valence-corrected chi connectivity index (χ0v) is 12.6. The maximum Gasteiger partial charge on any atom is 0.252 e. The highest BCUT2D eigenvalue weighted by Crippen LogP contribution is 2.32. The Morgan fingerprint density at radius 2 is 1.86 bits per heavy atom. The van der Waals surface area contributed by atoms with E-state index in [1.807, 2.05) is 6.92 Å². The van der Waals surface area contributed by atoms with E-state index >= 15 is 0 Å². The summed E-state index contributed by atoms with van der Waals surface area (Å²) >= 11 is 0. The Labute approximate surface area is 128 Å². The van der Waals surface area contributed by atoms with Crippen molar-refractivity contribution in [2.45, 2.75) is 32.6 Å². The second kappa shape index (κ2) is 4.73. The van der Waals surface area contributed by atoms with Gasteiger partial charge in [0.05, 0.1) is 11.3 Å². The molecule has 0 aliphatic heterocycles. The summed E-state index contributed by atoms with van der Waals surface area (Å²) in [7, 11) is 0. The lowest BCUT2D eigenvalue weighted by molar-refractivity contribution is 0.0962. The second-order valence-corrected chi connectivity index (χ2v) is 5.94. The number of fused-ring (bicyclic) bond motifs is 2. The number of ketones is 1. The quantitative estimate of drug-likeness (QED) is 0.692.